The molecule has 144 valence electrons. The van der Waals surface area contributed by atoms with Crippen LogP contribution in [0.5, 0.6) is 5.75 Å². The van der Waals surface area contributed by atoms with Crippen LogP contribution in [0.4, 0.5) is 10.5 Å². The van der Waals surface area contributed by atoms with Crippen molar-refractivity contribution in [2.45, 2.75) is 64.9 Å². The number of rotatable bonds is 7. The van der Waals surface area contributed by atoms with E-state index >= 15 is 0 Å². The number of nitro groups is 1. The summed E-state index contributed by atoms with van der Waals surface area (Å²) in [6.07, 6.45) is 2.26. The fourth-order valence-electron chi connectivity index (χ4n) is 2.45. The number of hydrogen-bond donors (Lipinski definition) is 1. The SMILES string of the molecule is CCOc1cnc(CO[C@@H]2CC[C@H]2NC(=O)OC(C)(C)C)cc1[N+](=O)[O-]. The number of carbonyl (C=O) groups is 1. The predicted molar refractivity (Wildman–Crippen MR) is 93.0 cm³/mol. The fourth-order valence-corrected chi connectivity index (χ4v) is 2.45. The van der Waals surface area contributed by atoms with Gasteiger partial charge in [0.15, 0.2) is 0 Å². The molecule has 1 amide bonds. The molecule has 1 aromatic heterocycles. The summed E-state index contributed by atoms with van der Waals surface area (Å²) in [6, 6.07) is 1.21. The molecule has 0 bridgehead atoms. The lowest BCUT2D eigenvalue weighted by molar-refractivity contribution is -0.386. The van der Waals surface area contributed by atoms with Crippen LogP contribution in [0, 0.1) is 10.1 Å². The Labute approximate surface area is 152 Å². The Morgan fingerprint density at radius 2 is 2.15 bits per heavy atom. The number of pyridine rings is 1. The molecule has 0 saturated heterocycles. The van der Waals surface area contributed by atoms with Gasteiger partial charge in [-0.3, -0.25) is 15.1 Å². The third-order valence-corrected chi connectivity index (χ3v) is 3.76. The first kappa shape index (κ1) is 19.9. The molecular weight excluding hydrogens is 342 g/mol. The molecule has 1 fully saturated rings. The van der Waals surface area contributed by atoms with Gasteiger partial charge in [-0.2, -0.15) is 0 Å². The van der Waals surface area contributed by atoms with Crippen molar-refractivity contribution in [3.63, 3.8) is 0 Å². The molecule has 1 heterocycles. The van der Waals surface area contributed by atoms with E-state index in [9.17, 15) is 14.9 Å². The van der Waals surface area contributed by atoms with E-state index in [0.29, 0.717) is 12.3 Å². The Morgan fingerprint density at radius 1 is 1.42 bits per heavy atom. The summed E-state index contributed by atoms with van der Waals surface area (Å²) in [5, 5.41) is 13.9. The van der Waals surface area contributed by atoms with E-state index in [1.807, 2.05) is 0 Å². The quantitative estimate of drug-likeness (QED) is 0.582. The van der Waals surface area contributed by atoms with Crippen molar-refractivity contribution in [3.05, 3.63) is 28.1 Å². The number of nitrogens with one attached hydrogen (secondary N) is 1. The molecule has 0 radical (unpaired) electrons. The van der Waals surface area contributed by atoms with Crippen LogP contribution in [0.3, 0.4) is 0 Å². The summed E-state index contributed by atoms with van der Waals surface area (Å²) in [4.78, 5) is 26.6. The first-order valence-corrected chi connectivity index (χ1v) is 8.57. The maximum absolute atomic E-state index is 11.8. The van der Waals surface area contributed by atoms with Gasteiger partial charge in [-0.05, 0) is 40.5 Å². The number of ether oxygens (including phenoxy) is 3. The minimum Gasteiger partial charge on any atom is -0.486 e. The standard InChI is InChI=1S/C17H25N3O6/c1-5-24-15-9-18-11(8-13(15)20(22)23)10-25-14-7-6-12(14)19-16(21)26-17(2,3)4/h8-9,12,14H,5-7,10H2,1-4H3,(H,19,21)/t12-,14-/m1/s1. The Hall–Kier alpha value is -2.42. The molecule has 2 atom stereocenters. The summed E-state index contributed by atoms with van der Waals surface area (Å²) in [5.41, 5.74) is -0.268. The number of carbonyl (C=O) groups excluding carboxylic acids is 1. The second-order valence-electron chi connectivity index (χ2n) is 7.01. The van der Waals surface area contributed by atoms with Crippen molar-refractivity contribution in [2.75, 3.05) is 6.61 Å². The topological polar surface area (TPSA) is 113 Å². The molecule has 0 aliphatic heterocycles. The summed E-state index contributed by atoms with van der Waals surface area (Å²) < 4.78 is 16.2. The normalized spacial score (nSPS) is 19.4. The Balaban J connectivity index is 1.89. The third kappa shape index (κ3) is 5.55. The van der Waals surface area contributed by atoms with Crippen molar-refractivity contribution >= 4 is 11.8 Å². The molecular formula is C17H25N3O6. The minimum absolute atomic E-state index is 0.115. The van der Waals surface area contributed by atoms with Gasteiger partial charge in [-0.1, -0.05) is 0 Å². The summed E-state index contributed by atoms with van der Waals surface area (Å²) >= 11 is 0. The van der Waals surface area contributed by atoms with E-state index in [4.69, 9.17) is 14.2 Å². The highest BCUT2D eigenvalue weighted by Gasteiger charge is 2.34. The molecule has 1 aromatic rings. The molecule has 9 nitrogen and oxygen atoms in total. The number of alkyl carbamates (subject to hydrolysis) is 1. The predicted octanol–water partition coefficient (Wildman–Crippen LogP) is 2.96. The van der Waals surface area contributed by atoms with E-state index in [1.165, 1.54) is 12.3 Å². The van der Waals surface area contributed by atoms with Crippen LogP contribution in [-0.2, 0) is 16.1 Å². The van der Waals surface area contributed by atoms with Crippen LogP contribution in [0.1, 0.15) is 46.2 Å². The van der Waals surface area contributed by atoms with Gasteiger partial charge < -0.3 is 19.5 Å². The highest BCUT2D eigenvalue weighted by molar-refractivity contribution is 5.68. The second kappa shape index (κ2) is 8.31. The average molecular weight is 367 g/mol. The lowest BCUT2D eigenvalue weighted by Gasteiger charge is -2.37. The molecule has 1 saturated carbocycles. The van der Waals surface area contributed by atoms with Crippen molar-refractivity contribution in [2.24, 2.45) is 0 Å². The Kier molecular flexibility index (Phi) is 6.36. The van der Waals surface area contributed by atoms with Crippen molar-refractivity contribution < 1.29 is 23.9 Å². The first-order valence-electron chi connectivity index (χ1n) is 8.57. The van der Waals surface area contributed by atoms with Crippen molar-refractivity contribution in [1.82, 2.24) is 10.3 Å². The summed E-state index contributed by atoms with van der Waals surface area (Å²) in [5.74, 6) is 0.134. The number of amides is 1. The smallest absolute Gasteiger partial charge is 0.407 e. The lowest BCUT2D eigenvalue weighted by atomic mass is 9.89. The zero-order valence-corrected chi connectivity index (χ0v) is 15.5. The van der Waals surface area contributed by atoms with Gasteiger partial charge in [0, 0.05) is 6.07 Å². The minimum atomic E-state index is -0.560. The molecule has 9 heteroatoms. The summed E-state index contributed by atoms with van der Waals surface area (Å²) in [6.45, 7) is 7.57. The van der Waals surface area contributed by atoms with Gasteiger partial charge in [0.2, 0.25) is 5.75 Å². The molecule has 26 heavy (non-hydrogen) atoms. The Morgan fingerprint density at radius 3 is 2.69 bits per heavy atom. The van der Waals surface area contributed by atoms with Crippen LogP contribution < -0.4 is 10.1 Å². The van der Waals surface area contributed by atoms with Crippen LogP contribution >= 0.6 is 0 Å². The monoisotopic (exact) mass is 367 g/mol. The lowest BCUT2D eigenvalue weighted by Crippen LogP contribution is -2.52. The zero-order chi connectivity index (χ0) is 19.3. The van der Waals surface area contributed by atoms with Gasteiger partial charge in [0.25, 0.3) is 0 Å². The van der Waals surface area contributed by atoms with Gasteiger partial charge in [-0.25, -0.2) is 4.79 Å². The fraction of sp³-hybridized carbons (Fsp3) is 0.647. The van der Waals surface area contributed by atoms with Gasteiger partial charge in [0.1, 0.15) is 5.60 Å². The molecule has 0 aromatic carbocycles. The van der Waals surface area contributed by atoms with Crippen LogP contribution in [0.15, 0.2) is 12.3 Å². The van der Waals surface area contributed by atoms with Crippen LogP contribution in [-0.4, -0.2) is 40.4 Å². The highest BCUT2D eigenvalue weighted by Crippen LogP contribution is 2.28. The maximum Gasteiger partial charge on any atom is 0.407 e. The average Bonchev–Trinajstić information content (AvgIpc) is 2.51. The highest BCUT2D eigenvalue weighted by atomic mass is 16.6. The third-order valence-electron chi connectivity index (χ3n) is 3.76. The zero-order valence-electron chi connectivity index (χ0n) is 15.5. The number of nitrogens with zero attached hydrogens (tertiary/aromatic N) is 2. The summed E-state index contributed by atoms with van der Waals surface area (Å²) in [7, 11) is 0. The van der Waals surface area contributed by atoms with Crippen molar-refractivity contribution in [3.8, 4) is 5.75 Å². The van der Waals surface area contributed by atoms with Crippen LogP contribution in [0.25, 0.3) is 0 Å². The molecule has 1 N–H and O–H groups in total. The molecule has 0 spiro atoms. The molecule has 2 rings (SSSR count). The van der Waals surface area contributed by atoms with Gasteiger partial charge in [-0.15, -0.1) is 0 Å². The Bertz CT molecular complexity index is 658. The second-order valence-corrected chi connectivity index (χ2v) is 7.01. The van der Waals surface area contributed by atoms with Gasteiger partial charge >= 0.3 is 11.8 Å². The maximum atomic E-state index is 11.8. The van der Waals surface area contributed by atoms with Crippen LogP contribution in [0.2, 0.25) is 0 Å². The molecule has 1 aliphatic carbocycles. The van der Waals surface area contributed by atoms with E-state index in [2.05, 4.69) is 10.3 Å². The largest absolute Gasteiger partial charge is 0.486 e. The number of aromatic nitrogens is 1. The van der Waals surface area contributed by atoms with E-state index in [1.54, 1.807) is 27.7 Å². The van der Waals surface area contributed by atoms with E-state index < -0.39 is 16.6 Å². The van der Waals surface area contributed by atoms with Crippen molar-refractivity contribution in [1.29, 1.82) is 0 Å². The first-order chi connectivity index (χ1) is 12.2. The van der Waals surface area contributed by atoms with Gasteiger partial charge in [0.05, 0.1) is 42.2 Å². The molecule has 0 unspecified atom stereocenters. The number of hydrogen-bond acceptors (Lipinski definition) is 7. The van der Waals surface area contributed by atoms with E-state index in [-0.39, 0.29) is 30.2 Å². The van der Waals surface area contributed by atoms with E-state index in [0.717, 1.165) is 12.8 Å². The molecule has 1 aliphatic rings.